The van der Waals surface area contributed by atoms with Crippen LogP contribution in [0.5, 0.6) is 0 Å². The fourth-order valence-electron chi connectivity index (χ4n) is 10.1. The minimum Gasteiger partial charge on any atom is -0.310 e. The lowest BCUT2D eigenvalue weighted by atomic mass is 9.66. The molecular formula is C60H55N. The maximum atomic E-state index is 9.83. The van der Waals surface area contributed by atoms with Crippen molar-refractivity contribution in [3.05, 3.63) is 232 Å². The van der Waals surface area contributed by atoms with Crippen LogP contribution in [0.15, 0.2) is 188 Å². The van der Waals surface area contributed by atoms with Gasteiger partial charge in [-0.2, -0.15) is 0 Å². The molecule has 0 fully saturated rings. The van der Waals surface area contributed by atoms with E-state index in [4.69, 9.17) is 6.85 Å². The van der Waals surface area contributed by atoms with Crippen molar-refractivity contribution < 1.29 is 12.3 Å². The third-order valence-corrected chi connectivity index (χ3v) is 13.0. The van der Waals surface area contributed by atoms with Gasteiger partial charge in [0.05, 0.1) is 17.8 Å². The number of anilines is 3. The summed E-state index contributed by atoms with van der Waals surface area (Å²) >= 11 is 0. The predicted molar refractivity (Wildman–Crippen MR) is 259 cm³/mol. The molecule has 0 heterocycles. The molecular weight excluding hydrogens is 735 g/mol. The van der Waals surface area contributed by atoms with E-state index < -0.39 is 65.2 Å². The van der Waals surface area contributed by atoms with Gasteiger partial charge in [0.2, 0.25) is 0 Å². The molecule has 0 N–H and O–H groups in total. The molecule has 0 atom stereocenters. The van der Waals surface area contributed by atoms with Crippen molar-refractivity contribution in [2.24, 2.45) is 0 Å². The summed E-state index contributed by atoms with van der Waals surface area (Å²) in [5.74, 6) is 0. The molecule has 61 heavy (non-hydrogen) atoms. The van der Waals surface area contributed by atoms with E-state index in [-0.39, 0.29) is 27.6 Å². The lowest BCUT2D eigenvalue weighted by molar-refractivity contribution is 0.529. The van der Waals surface area contributed by atoms with E-state index in [0.717, 1.165) is 50.1 Å². The summed E-state index contributed by atoms with van der Waals surface area (Å²) < 4.78 is 81.4. The number of nitrogens with zero attached hydrogens (tertiary/aromatic N) is 1. The zero-order valence-corrected chi connectivity index (χ0v) is 36.1. The second-order valence-electron chi connectivity index (χ2n) is 19.1. The van der Waals surface area contributed by atoms with Crippen molar-refractivity contribution >= 4 is 17.1 Å². The molecule has 0 radical (unpaired) electrons. The average molecular weight is 799 g/mol. The fourth-order valence-corrected chi connectivity index (χ4v) is 10.1. The van der Waals surface area contributed by atoms with E-state index in [1.165, 1.54) is 16.7 Å². The van der Waals surface area contributed by atoms with Crippen LogP contribution in [0, 0.1) is 0 Å². The molecule has 8 aromatic rings. The van der Waals surface area contributed by atoms with Crippen molar-refractivity contribution in [1.29, 1.82) is 0 Å². The number of rotatable bonds is 6. The Bertz CT molecular complexity index is 3380. The maximum Gasteiger partial charge on any atom is 0.0713 e. The molecule has 2 aliphatic rings. The third kappa shape index (κ3) is 6.12. The van der Waals surface area contributed by atoms with Gasteiger partial charge in [-0.3, -0.25) is 0 Å². The summed E-state index contributed by atoms with van der Waals surface area (Å²) in [6.45, 7) is 17.9. The normalized spacial score (nSPS) is 16.6. The van der Waals surface area contributed by atoms with Gasteiger partial charge in [0.15, 0.2) is 0 Å². The second kappa shape index (κ2) is 14.1. The Balaban J connectivity index is 1.31. The highest BCUT2D eigenvalue weighted by atomic mass is 15.1. The average Bonchev–Trinajstić information content (AvgIpc) is 3.76. The van der Waals surface area contributed by atoms with Gasteiger partial charge in [-0.05, 0) is 131 Å². The highest BCUT2D eigenvalue weighted by Gasteiger charge is 2.48. The topological polar surface area (TPSA) is 3.24 Å². The molecule has 8 aromatic carbocycles. The molecule has 1 nitrogen and oxygen atoms in total. The molecule has 0 saturated carbocycles. The van der Waals surface area contributed by atoms with Gasteiger partial charge in [0.1, 0.15) is 0 Å². The standard InChI is InChI=1S/C60H55N/c1-57(2,3)55-38-50-49-36-45(33-35-52(49)60(42-22-14-10-15-23-42,43-24-16-11-17-25-43)54(50)39-56(55)58(4,5)6)61(44-30-28-41(29-31-44)40-20-12-9-13-21-40)46-32-34-48-47-26-18-19-27-51(47)59(7,8)53(48)37-46/h9-39H,1-8H3/i9D,12D,13D,20D,21D,28D,29D,30D,31D. The van der Waals surface area contributed by atoms with Crippen LogP contribution >= 0.6 is 0 Å². The van der Waals surface area contributed by atoms with E-state index in [1.54, 1.807) is 0 Å². The lowest BCUT2D eigenvalue weighted by Crippen LogP contribution is -2.30. The number of hydrogen-bond acceptors (Lipinski definition) is 1. The maximum absolute atomic E-state index is 9.83. The largest absolute Gasteiger partial charge is 0.310 e. The molecule has 0 aromatic heterocycles. The van der Waals surface area contributed by atoms with Gasteiger partial charge in [0.25, 0.3) is 0 Å². The summed E-state index contributed by atoms with van der Waals surface area (Å²) in [4.78, 5) is 1.81. The van der Waals surface area contributed by atoms with Crippen molar-refractivity contribution in [2.75, 3.05) is 4.90 Å². The molecule has 1 heteroatoms. The van der Waals surface area contributed by atoms with Gasteiger partial charge < -0.3 is 4.90 Å². The van der Waals surface area contributed by atoms with Gasteiger partial charge in [0, 0.05) is 22.5 Å². The lowest BCUT2D eigenvalue weighted by Gasteiger charge is -2.36. The molecule has 10 rings (SSSR count). The molecule has 0 spiro atoms. The molecule has 0 aliphatic heterocycles. The minimum atomic E-state index is -0.744. The molecule has 300 valence electrons. The predicted octanol–water partition coefficient (Wildman–Crippen LogP) is 16.1. The number of benzene rings is 8. The zero-order chi connectivity index (χ0) is 50.1. The van der Waals surface area contributed by atoms with Crippen LogP contribution in [-0.2, 0) is 21.7 Å². The van der Waals surface area contributed by atoms with Crippen molar-refractivity contribution in [3.63, 3.8) is 0 Å². The SMILES string of the molecule is [2H]c1c([2H])c([2H])c(-c2c([2H])c([2H])c(N(c3ccc4c(c3)-c3cc(C(C)(C)C)c(C(C)(C)C)cc3C4(c3ccccc3)c3ccccc3)c3ccc4c(c3)C(C)(C)c3ccccc3-4)c([2H])c2[2H])c([2H])c1[2H]. The van der Waals surface area contributed by atoms with Crippen LogP contribution in [0.4, 0.5) is 17.1 Å². The van der Waals surface area contributed by atoms with Gasteiger partial charge in [-0.1, -0.05) is 201 Å². The first-order valence-corrected chi connectivity index (χ1v) is 21.2. The highest BCUT2D eigenvalue weighted by Crippen LogP contribution is 2.59. The van der Waals surface area contributed by atoms with Crippen LogP contribution in [0.2, 0.25) is 0 Å². The van der Waals surface area contributed by atoms with Crippen LogP contribution in [0.3, 0.4) is 0 Å². The Morgan fingerprint density at radius 1 is 0.410 bits per heavy atom. The zero-order valence-electron chi connectivity index (χ0n) is 45.1. The Kier molecular flexibility index (Phi) is 6.86. The van der Waals surface area contributed by atoms with Gasteiger partial charge in [-0.25, -0.2) is 0 Å². The third-order valence-electron chi connectivity index (χ3n) is 13.0. The number of fused-ring (bicyclic) bond motifs is 6. The summed E-state index contributed by atoms with van der Waals surface area (Å²) in [7, 11) is 0. The van der Waals surface area contributed by atoms with E-state index in [1.807, 2.05) is 41.3 Å². The minimum absolute atomic E-state index is 0.0339. The Morgan fingerprint density at radius 2 is 0.934 bits per heavy atom. The first-order chi connectivity index (χ1) is 33.0. The van der Waals surface area contributed by atoms with Crippen LogP contribution in [0.25, 0.3) is 33.4 Å². The van der Waals surface area contributed by atoms with E-state index in [2.05, 4.69) is 152 Å². The first kappa shape index (κ1) is 29.7. The highest BCUT2D eigenvalue weighted by molar-refractivity contribution is 5.92. The monoisotopic (exact) mass is 798 g/mol. The van der Waals surface area contributed by atoms with Crippen LogP contribution in [0.1, 0.15) is 112 Å². The molecule has 2 aliphatic carbocycles. The van der Waals surface area contributed by atoms with E-state index in [9.17, 15) is 5.48 Å². The smallest absolute Gasteiger partial charge is 0.0713 e. The summed E-state index contributed by atoms with van der Waals surface area (Å²) in [5.41, 5.74) is 12.2. The van der Waals surface area contributed by atoms with E-state index >= 15 is 0 Å². The summed E-state index contributed by atoms with van der Waals surface area (Å²) in [6.07, 6.45) is 0. The molecule has 0 saturated heterocycles. The Morgan fingerprint density at radius 3 is 1.57 bits per heavy atom. The van der Waals surface area contributed by atoms with Crippen molar-refractivity contribution in [3.8, 4) is 33.4 Å². The molecule has 0 amide bonds. The van der Waals surface area contributed by atoms with Gasteiger partial charge >= 0.3 is 0 Å². The number of hydrogen-bond donors (Lipinski definition) is 0. The van der Waals surface area contributed by atoms with Crippen molar-refractivity contribution in [2.45, 2.75) is 77.0 Å². The van der Waals surface area contributed by atoms with Crippen molar-refractivity contribution in [1.82, 2.24) is 0 Å². The van der Waals surface area contributed by atoms with E-state index in [0.29, 0.717) is 11.4 Å². The fraction of sp³-hybridized carbons (Fsp3) is 0.200. The van der Waals surface area contributed by atoms with Crippen LogP contribution < -0.4 is 4.90 Å². The summed E-state index contributed by atoms with van der Waals surface area (Å²) in [5, 5.41) is 0. The molecule has 0 bridgehead atoms. The summed E-state index contributed by atoms with van der Waals surface area (Å²) in [6, 6.07) is 41.9. The second-order valence-corrected chi connectivity index (χ2v) is 19.1. The van der Waals surface area contributed by atoms with Crippen LogP contribution in [-0.4, -0.2) is 0 Å². The Hall–Kier alpha value is -6.44. The molecule has 0 unspecified atom stereocenters. The van der Waals surface area contributed by atoms with Gasteiger partial charge in [-0.15, -0.1) is 0 Å². The first-order valence-electron chi connectivity index (χ1n) is 25.7. The quantitative estimate of drug-likeness (QED) is 0.162. The Labute approximate surface area is 376 Å².